The molecule has 0 aliphatic heterocycles. The lowest BCUT2D eigenvalue weighted by Gasteiger charge is -2.29. The summed E-state index contributed by atoms with van der Waals surface area (Å²) < 4.78 is 28.7. The van der Waals surface area contributed by atoms with Gasteiger partial charge in [0.15, 0.2) is 5.78 Å². The number of carbonyl (C=O) groups is 1. The summed E-state index contributed by atoms with van der Waals surface area (Å²) in [7, 11) is -0.233. The highest BCUT2D eigenvalue weighted by molar-refractivity contribution is 7.55. The van der Waals surface area contributed by atoms with Crippen LogP contribution in [0.4, 0.5) is 0 Å². The number of benzene rings is 2. The first-order valence-corrected chi connectivity index (χ1v) is 10.0. The summed E-state index contributed by atoms with van der Waals surface area (Å²) >= 11 is 0. The van der Waals surface area contributed by atoms with Gasteiger partial charge in [0.1, 0.15) is 11.4 Å². The zero-order valence-corrected chi connectivity index (χ0v) is 16.7. The summed E-state index contributed by atoms with van der Waals surface area (Å²) in [5.74, 6) is -1.15. The number of hydrogen-bond donors (Lipinski definition) is 0. The van der Waals surface area contributed by atoms with Gasteiger partial charge in [0.2, 0.25) is 6.54 Å². The van der Waals surface area contributed by atoms with E-state index in [1.807, 2.05) is 0 Å². The van der Waals surface area contributed by atoms with Gasteiger partial charge in [-0.3, -0.25) is 19.5 Å². The van der Waals surface area contributed by atoms with Crippen molar-refractivity contribution < 1.29 is 28.1 Å². The summed E-state index contributed by atoms with van der Waals surface area (Å²) in [6.07, 6.45) is 0. The summed E-state index contributed by atoms with van der Waals surface area (Å²) in [4.78, 5) is 24.1. The maximum Gasteiger partial charge on any atom is 0.341 e. The van der Waals surface area contributed by atoms with Crippen LogP contribution in [-0.4, -0.2) is 44.2 Å². The standard InChI is InChI=1S/C19H22NO7P/c1-25-16-11-7-10-15(12-16)17(13-20(22)23)19(28(24,26-2)27-3)18(21)14-8-5-4-6-9-14/h4-12,17,19H,13H2,1-3H3/t17-,19-/m1/s1. The molecule has 0 heterocycles. The highest BCUT2D eigenvalue weighted by Gasteiger charge is 2.48. The van der Waals surface area contributed by atoms with Crippen LogP contribution in [-0.2, 0) is 13.6 Å². The van der Waals surface area contributed by atoms with Crippen LogP contribution in [0.2, 0.25) is 0 Å². The first-order chi connectivity index (χ1) is 13.4. The van der Waals surface area contributed by atoms with E-state index in [9.17, 15) is 19.5 Å². The molecule has 28 heavy (non-hydrogen) atoms. The van der Waals surface area contributed by atoms with Crippen LogP contribution in [0.5, 0.6) is 5.75 Å². The Balaban J connectivity index is 2.65. The molecule has 2 aromatic carbocycles. The zero-order valence-electron chi connectivity index (χ0n) is 15.8. The van der Waals surface area contributed by atoms with Crippen molar-refractivity contribution in [3.05, 3.63) is 75.8 Å². The minimum absolute atomic E-state index is 0.262. The largest absolute Gasteiger partial charge is 0.497 e. The molecule has 0 N–H and O–H groups in total. The van der Waals surface area contributed by atoms with Gasteiger partial charge in [-0.05, 0) is 17.7 Å². The van der Waals surface area contributed by atoms with E-state index >= 15 is 0 Å². The molecule has 0 aliphatic carbocycles. The lowest BCUT2D eigenvalue weighted by Crippen LogP contribution is -2.34. The number of ketones is 1. The normalized spacial score (nSPS) is 13.5. The number of hydrogen-bond acceptors (Lipinski definition) is 7. The minimum Gasteiger partial charge on any atom is -0.497 e. The third-order valence-corrected chi connectivity index (χ3v) is 6.72. The SMILES string of the molecule is COc1cccc([C@@H](C[N+](=O)[O-])[C@H](C(=O)c2ccccc2)P(=O)(OC)OC)c1. The van der Waals surface area contributed by atoms with E-state index in [2.05, 4.69) is 0 Å². The Kier molecular flexibility index (Phi) is 7.45. The summed E-state index contributed by atoms with van der Waals surface area (Å²) in [6, 6.07) is 14.7. The van der Waals surface area contributed by atoms with Crippen molar-refractivity contribution in [2.45, 2.75) is 11.6 Å². The number of methoxy groups -OCH3 is 1. The highest BCUT2D eigenvalue weighted by Crippen LogP contribution is 2.57. The Bertz CT molecular complexity index is 864. The van der Waals surface area contributed by atoms with Gasteiger partial charge in [-0.1, -0.05) is 42.5 Å². The first kappa shape index (κ1) is 21.8. The molecule has 0 unspecified atom stereocenters. The molecule has 8 nitrogen and oxygen atoms in total. The van der Waals surface area contributed by atoms with E-state index in [-0.39, 0.29) is 5.56 Å². The Morgan fingerprint density at radius 3 is 2.25 bits per heavy atom. The minimum atomic E-state index is -4.01. The van der Waals surface area contributed by atoms with Gasteiger partial charge in [-0.2, -0.15) is 0 Å². The highest BCUT2D eigenvalue weighted by atomic mass is 31.2. The number of ether oxygens (including phenoxy) is 1. The monoisotopic (exact) mass is 407 g/mol. The fourth-order valence-electron chi connectivity index (χ4n) is 3.04. The summed E-state index contributed by atoms with van der Waals surface area (Å²) in [5.41, 5.74) is -0.708. The lowest BCUT2D eigenvalue weighted by atomic mass is 9.90. The van der Waals surface area contributed by atoms with Crippen molar-refractivity contribution >= 4 is 13.4 Å². The molecule has 2 aromatic rings. The van der Waals surface area contributed by atoms with Gasteiger partial charge in [0, 0.05) is 24.7 Å². The third kappa shape index (κ3) is 4.84. The molecular formula is C19H22NO7P. The van der Waals surface area contributed by atoms with Crippen molar-refractivity contribution in [2.75, 3.05) is 27.9 Å². The maximum absolute atomic E-state index is 13.3. The summed E-state index contributed by atoms with van der Waals surface area (Å²) in [6.45, 7) is -0.632. The van der Waals surface area contributed by atoms with Crippen molar-refractivity contribution in [3.8, 4) is 5.75 Å². The second-order valence-corrected chi connectivity index (χ2v) is 8.34. The van der Waals surface area contributed by atoms with E-state index in [4.69, 9.17) is 13.8 Å². The lowest BCUT2D eigenvalue weighted by molar-refractivity contribution is -0.483. The molecular weight excluding hydrogens is 385 g/mol. The van der Waals surface area contributed by atoms with E-state index in [1.54, 1.807) is 54.6 Å². The fraction of sp³-hybridized carbons (Fsp3) is 0.316. The Morgan fingerprint density at radius 1 is 1.07 bits per heavy atom. The number of Topliss-reactive ketones (excluding diaryl/α,β-unsaturated/α-hetero) is 1. The quantitative estimate of drug-likeness (QED) is 0.255. The molecule has 2 atom stereocenters. The molecule has 0 bridgehead atoms. The van der Waals surface area contributed by atoms with Gasteiger partial charge in [0.05, 0.1) is 13.0 Å². The van der Waals surface area contributed by atoms with E-state index in [0.717, 1.165) is 14.2 Å². The van der Waals surface area contributed by atoms with Gasteiger partial charge >= 0.3 is 7.60 Å². The number of nitro groups is 1. The fourth-order valence-corrected chi connectivity index (χ4v) is 4.79. The van der Waals surface area contributed by atoms with Crippen molar-refractivity contribution in [1.82, 2.24) is 0 Å². The van der Waals surface area contributed by atoms with E-state index < -0.39 is 36.4 Å². The van der Waals surface area contributed by atoms with Crippen LogP contribution in [0.3, 0.4) is 0 Å². The predicted octanol–water partition coefficient (Wildman–Crippen LogP) is 3.79. The Morgan fingerprint density at radius 2 is 1.71 bits per heavy atom. The molecule has 9 heteroatoms. The van der Waals surface area contributed by atoms with Crippen LogP contribution < -0.4 is 4.74 Å². The van der Waals surface area contributed by atoms with Crippen molar-refractivity contribution in [3.63, 3.8) is 0 Å². The van der Waals surface area contributed by atoms with E-state index in [0.29, 0.717) is 11.3 Å². The number of carbonyl (C=O) groups excluding carboxylic acids is 1. The second-order valence-electron chi connectivity index (χ2n) is 5.98. The third-order valence-electron chi connectivity index (χ3n) is 4.43. The molecule has 0 fully saturated rings. The van der Waals surface area contributed by atoms with Gasteiger partial charge in [0.25, 0.3) is 0 Å². The zero-order chi connectivity index (χ0) is 20.7. The van der Waals surface area contributed by atoms with Crippen molar-refractivity contribution in [2.24, 2.45) is 0 Å². The molecule has 0 aromatic heterocycles. The summed E-state index contributed by atoms with van der Waals surface area (Å²) in [5, 5.41) is 11.4. The van der Waals surface area contributed by atoms with Crippen molar-refractivity contribution in [1.29, 1.82) is 0 Å². The predicted molar refractivity (Wildman–Crippen MR) is 104 cm³/mol. The first-order valence-electron chi connectivity index (χ1n) is 8.42. The molecule has 0 spiro atoms. The Labute approximate surface area is 163 Å². The van der Waals surface area contributed by atoms with Crippen LogP contribution in [0.25, 0.3) is 0 Å². The average Bonchev–Trinajstić information content (AvgIpc) is 2.73. The topological polar surface area (TPSA) is 105 Å². The smallest absolute Gasteiger partial charge is 0.341 e. The molecule has 0 amide bonds. The van der Waals surface area contributed by atoms with Crippen LogP contribution >= 0.6 is 7.60 Å². The van der Waals surface area contributed by atoms with Crippen LogP contribution in [0, 0.1) is 10.1 Å². The molecule has 0 saturated carbocycles. The number of rotatable bonds is 10. The molecule has 2 rings (SSSR count). The second kappa shape index (κ2) is 9.59. The molecule has 0 aliphatic rings. The average molecular weight is 407 g/mol. The molecule has 0 radical (unpaired) electrons. The number of nitrogens with zero attached hydrogens (tertiary/aromatic N) is 1. The van der Waals surface area contributed by atoms with Gasteiger partial charge < -0.3 is 13.8 Å². The van der Waals surface area contributed by atoms with Crippen LogP contribution in [0.1, 0.15) is 21.8 Å². The van der Waals surface area contributed by atoms with E-state index in [1.165, 1.54) is 7.11 Å². The molecule has 150 valence electrons. The molecule has 0 saturated heterocycles. The van der Waals surface area contributed by atoms with Gasteiger partial charge in [-0.15, -0.1) is 0 Å². The Hall–Kier alpha value is -2.54. The maximum atomic E-state index is 13.3. The van der Waals surface area contributed by atoms with Gasteiger partial charge in [-0.25, -0.2) is 0 Å². The van der Waals surface area contributed by atoms with Crippen LogP contribution in [0.15, 0.2) is 54.6 Å².